The Balaban J connectivity index is 2.59. The van der Waals surface area contributed by atoms with E-state index in [0.29, 0.717) is 10.8 Å². The first-order valence-electron chi connectivity index (χ1n) is 5.97. The van der Waals surface area contributed by atoms with E-state index < -0.39 is 0 Å². The fraction of sp³-hybridized carbons (Fsp3) is 0.462. The zero-order chi connectivity index (χ0) is 14.3. The third-order valence-electron chi connectivity index (χ3n) is 2.53. The third-order valence-corrected chi connectivity index (χ3v) is 2.84. The van der Waals surface area contributed by atoms with Gasteiger partial charge in [-0.2, -0.15) is 0 Å². The lowest BCUT2D eigenvalue weighted by molar-refractivity contribution is -0.134. The van der Waals surface area contributed by atoms with Crippen LogP contribution in [0.4, 0.5) is 0 Å². The van der Waals surface area contributed by atoms with E-state index in [1.165, 1.54) is 4.90 Å². The quantitative estimate of drug-likeness (QED) is 0.780. The van der Waals surface area contributed by atoms with E-state index in [1.54, 1.807) is 12.1 Å². The van der Waals surface area contributed by atoms with Gasteiger partial charge >= 0.3 is 0 Å². The summed E-state index contributed by atoms with van der Waals surface area (Å²) in [7, 11) is 0. The Morgan fingerprint density at radius 1 is 1.32 bits per heavy atom. The first-order chi connectivity index (χ1) is 9.08. The van der Waals surface area contributed by atoms with E-state index in [1.807, 2.05) is 13.0 Å². The molecule has 1 amide bonds. The van der Waals surface area contributed by atoms with Crippen LogP contribution in [0.25, 0.3) is 0 Å². The second-order valence-corrected chi connectivity index (χ2v) is 4.46. The van der Waals surface area contributed by atoms with Crippen molar-refractivity contribution in [3.05, 3.63) is 28.8 Å². The van der Waals surface area contributed by atoms with Gasteiger partial charge in [-0.05, 0) is 24.6 Å². The zero-order valence-electron chi connectivity index (χ0n) is 10.8. The molecule has 19 heavy (non-hydrogen) atoms. The molecule has 0 aliphatic rings. The fourth-order valence-electron chi connectivity index (χ4n) is 1.55. The number of aliphatic hydroxyl groups is 2. The van der Waals surface area contributed by atoms with Crippen LogP contribution in [0.3, 0.4) is 0 Å². The minimum Gasteiger partial charge on any atom is -0.482 e. The molecule has 2 N–H and O–H groups in total. The van der Waals surface area contributed by atoms with Crippen molar-refractivity contribution < 1.29 is 19.7 Å². The van der Waals surface area contributed by atoms with Crippen LogP contribution in [-0.4, -0.2) is 53.9 Å². The number of benzene rings is 1. The molecule has 1 aromatic carbocycles. The fourth-order valence-corrected chi connectivity index (χ4v) is 1.73. The van der Waals surface area contributed by atoms with Gasteiger partial charge in [-0.1, -0.05) is 17.7 Å². The number of amides is 1. The van der Waals surface area contributed by atoms with Crippen molar-refractivity contribution >= 4 is 17.5 Å². The second kappa shape index (κ2) is 7.99. The third kappa shape index (κ3) is 5.06. The van der Waals surface area contributed by atoms with E-state index in [4.69, 9.17) is 26.6 Å². The van der Waals surface area contributed by atoms with E-state index in [0.717, 1.165) is 5.56 Å². The van der Waals surface area contributed by atoms with Crippen LogP contribution >= 0.6 is 11.6 Å². The van der Waals surface area contributed by atoms with E-state index in [2.05, 4.69) is 0 Å². The molecule has 0 aromatic heterocycles. The number of ether oxygens (including phenoxy) is 1. The maximum atomic E-state index is 11.8. The average molecular weight is 288 g/mol. The number of carbonyl (C=O) groups is 1. The average Bonchev–Trinajstić information content (AvgIpc) is 2.39. The first-order valence-corrected chi connectivity index (χ1v) is 6.34. The number of hydrogen-bond donors (Lipinski definition) is 2. The summed E-state index contributed by atoms with van der Waals surface area (Å²) in [6.45, 7) is 1.75. The Hall–Kier alpha value is -1.30. The summed E-state index contributed by atoms with van der Waals surface area (Å²) in [6.07, 6.45) is 0. The van der Waals surface area contributed by atoms with Gasteiger partial charge in [-0.25, -0.2) is 0 Å². The molecule has 0 aliphatic carbocycles. The van der Waals surface area contributed by atoms with E-state index in [9.17, 15) is 4.79 Å². The Morgan fingerprint density at radius 3 is 2.53 bits per heavy atom. The van der Waals surface area contributed by atoms with Gasteiger partial charge in [-0.3, -0.25) is 4.79 Å². The number of halogens is 1. The molecule has 0 fully saturated rings. The molecule has 1 rings (SSSR count). The Kier molecular flexibility index (Phi) is 6.62. The van der Waals surface area contributed by atoms with Crippen molar-refractivity contribution in [1.82, 2.24) is 4.90 Å². The van der Waals surface area contributed by atoms with Crippen molar-refractivity contribution in [2.45, 2.75) is 6.92 Å². The highest BCUT2D eigenvalue weighted by Crippen LogP contribution is 2.25. The minimum absolute atomic E-state index is 0.156. The molecule has 1 aromatic rings. The SMILES string of the molecule is Cc1ccc(Cl)c(OCC(=O)N(CCO)CCO)c1. The van der Waals surface area contributed by atoms with Crippen molar-refractivity contribution in [2.24, 2.45) is 0 Å². The van der Waals surface area contributed by atoms with Crippen LogP contribution in [0.2, 0.25) is 5.02 Å². The predicted octanol–water partition coefficient (Wildman–Crippen LogP) is 0.840. The molecule has 0 unspecified atom stereocenters. The molecule has 0 saturated carbocycles. The summed E-state index contributed by atoms with van der Waals surface area (Å²) in [5, 5.41) is 18.1. The number of aliphatic hydroxyl groups excluding tert-OH is 2. The second-order valence-electron chi connectivity index (χ2n) is 4.05. The van der Waals surface area contributed by atoms with Gasteiger partial charge in [0.05, 0.1) is 18.2 Å². The van der Waals surface area contributed by atoms with Crippen molar-refractivity contribution in [1.29, 1.82) is 0 Å². The van der Waals surface area contributed by atoms with E-state index in [-0.39, 0.29) is 38.8 Å². The van der Waals surface area contributed by atoms with Gasteiger partial charge in [0, 0.05) is 13.1 Å². The molecule has 0 aliphatic heterocycles. The molecule has 5 nitrogen and oxygen atoms in total. The molecule has 0 heterocycles. The van der Waals surface area contributed by atoms with Gasteiger partial charge in [0.25, 0.3) is 5.91 Å². The summed E-state index contributed by atoms with van der Waals surface area (Å²) >= 11 is 5.95. The lowest BCUT2D eigenvalue weighted by Gasteiger charge is -2.20. The summed E-state index contributed by atoms with van der Waals surface area (Å²) in [5.41, 5.74) is 0.981. The number of hydrogen-bond acceptors (Lipinski definition) is 4. The highest BCUT2D eigenvalue weighted by Gasteiger charge is 2.13. The first kappa shape index (κ1) is 15.8. The highest BCUT2D eigenvalue weighted by atomic mass is 35.5. The largest absolute Gasteiger partial charge is 0.482 e. The van der Waals surface area contributed by atoms with Crippen molar-refractivity contribution in [3.63, 3.8) is 0 Å². The summed E-state index contributed by atoms with van der Waals surface area (Å²) < 4.78 is 5.37. The van der Waals surface area contributed by atoms with Crippen LogP contribution in [-0.2, 0) is 4.79 Å². The molecular formula is C13H18ClNO4. The lowest BCUT2D eigenvalue weighted by atomic mass is 10.2. The standard InChI is InChI=1S/C13H18ClNO4/c1-10-2-3-11(14)12(8-10)19-9-13(18)15(4-6-16)5-7-17/h2-3,8,16-17H,4-7,9H2,1H3. The van der Waals surface area contributed by atoms with Crippen LogP contribution in [0, 0.1) is 6.92 Å². The number of nitrogens with zero attached hydrogens (tertiary/aromatic N) is 1. The van der Waals surface area contributed by atoms with Crippen LogP contribution in [0.15, 0.2) is 18.2 Å². The summed E-state index contributed by atoms with van der Waals surface area (Å²) in [4.78, 5) is 13.2. The van der Waals surface area contributed by atoms with Gasteiger partial charge in [0.15, 0.2) is 6.61 Å². The van der Waals surface area contributed by atoms with Crippen molar-refractivity contribution in [2.75, 3.05) is 32.9 Å². The number of rotatable bonds is 7. The molecule has 106 valence electrons. The van der Waals surface area contributed by atoms with Crippen LogP contribution in [0.5, 0.6) is 5.75 Å². The number of carbonyl (C=O) groups excluding carboxylic acids is 1. The van der Waals surface area contributed by atoms with Crippen LogP contribution < -0.4 is 4.74 Å². The minimum atomic E-state index is -0.305. The Morgan fingerprint density at radius 2 is 1.95 bits per heavy atom. The summed E-state index contributed by atoms with van der Waals surface area (Å²) in [6, 6.07) is 5.30. The molecule has 0 saturated heterocycles. The lowest BCUT2D eigenvalue weighted by Crippen LogP contribution is -2.38. The van der Waals surface area contributed by atoms with E-state index >= 15 is 0 Å². The topological polar surface area (TPSA) is 70.0 Å². The Bertz CT molecular complexity index is 419. The van der Waals surface area contributed by atoms with Crippen LogP contribution in [0.1, 0.15) is 5.56 Å². The van der Waals surface area contributed by atoms with Gasteiger partial charge in [-0.15, -0.1) is 0 Å². The molecule has 6 heteroatoms. The predicted molar refractivity (Wildman–Crippen MR) is 72.4 cm³/mol. The number of aryl methyl sites for hydroxylation is 1. The van der Waals surface area contributed by atoms with Gasteiger partial charge < -0.3 is 19.8 Å². The maximum absolute atomic E-state index is 11.8. The molecule has 0 bridgehead atoms. The molecule has 0 atom stereocenters. The monoisotopic (exact) mass is 287 g/mol. The Labute approximate surface area is 117 Å². The van der Waals surface area contributed by atoms with Crippen molar-refractivity contribution in [3.8, 4) is 5.75 Å². The molecule has 0 spiro atoms. The van der Waals surface area contributed by atoms with Gasteiger partial charge in [0.1, 0.15) is 5.75 Å². The van der Waals surface area contributed by atoms with Gasteiger partial charge in [0.2, 0.25) is 0 Å². The smallest absolute Gasteiger partial charge is 0.260 e. The normalized spacial score (nSPS) is 10.3. The highest BCUT2D eigenvalue weighted by molar-refractivity contribution is 6.32. The summed E-state index contributed by atoms with van der Waals surface area (Å²) in [5.74, 6) is 0.142. The molecule has 0 radical (unpaired) electrons. The molecular weight excluding hydrogens is 270 g/mol. The maximum Gasteiger partial charge on any atom is 0.260 e. The zero-order valence-corrected chi connectivity index (χ0v) is 11.6.